The Morgan fingerprint density at radius 2 is 2.35 bits per heavy atom. The van der Waals surface area contributed by atoms with Crippen LogP contribution >= 0.6 is 15.9 Å². The zero-order chi connectivity index (χ0) is 12.3. The lowest BCUT2D eigenvalue weighted by Crippen LogP contribution is -2.31. The van der Waals surface area contributed by atoms with Crippen LogP contribution in [0.25, 0.3) is 0 Å². The van der Waals surface area contributed by atoms with Gasteiger partial charge >= 0.3 is 0 Å². The van der Waals surface area contributed by atoms with Gasteiger partial charge in [0, 0.05) is 23.8 Å². The maximum Gasteiger partial charge on any atom is 0.0670 e. The average molecular weight is 299 g/mol. The van der Waals surface area contributed by atoms with Crippen molar-refractivity contribution in [3.05, 3.63) is 28.2 Å². The summed E-state index contributed by atoms with van der Waals surface area (Å²) in [7, 11) is 2.13. The second kappa shape index (κ2) is 5.85. The van der Waals surface area contributed by atoms with Gasteiger partial charge in [0.05, 0.1) is 12.6 Å². The van der Waals surface area contributed by atoms with E-state index in [2.05, 4.69) is 46.1 Å². The topological polar surface area (TPSA) is 38.5 Å². The lowest BCUT2D eigenvalue weighted by atomic mass is 10.1. The molecular formula is C13H19BrN2O. The van der Waals surface area contributed by atoms with Crippen LogP contribution in [0.3, 0.4) is 0 Å². The van der Waals surface area contributed by atoms with Crippen LogP contribution in [0.15, 0.2) is 22.7 Å². The fraction of sp³-hybridized carbons (Fsp3) is 0.538. The van der Waals surface area contributed by atoms with E-state index in [0.717, 1.165) is 30.5 Å². The molecule has 1 atom stereocenters. The number of nitrogens with zero attached hydrogens (tertiary/aromatic N) is 1. The maximum atomic E-state index is 5.58. The first-order chi connectivity index (χ1) is 8.22. The van der Waals surface area contributed by atoms with Crippen molar-refractivity contribution < 1.29 is 4.74 Å². The van der Waals surface area contributed by atoms with E-state index in [4.69, 9.17) is 10.5 Å². The van der Waals surface area contributed by atoms with Crippen LogP contribution < -0.4 is 10.6 Å². The normalized spacial score (nSPS) is 19.6. The largest absolute Gasteiger partial charge is 0.379 e. The first-order valence-electron chi connectivity index (χ1n) is 6.01. The molecule has 0 aliphatic carbocycles. The Kier molecular flexibility index (Phi) is 4.42. The fourth-order valence-electron chi connectivity index (χ4n) is 2.15. The first-order valence-corrected chi connectivity index (χ1v) is 6.80. The van der Waals surface area contributed by atoms with Gasteiger partial charge in [-0.1, -0.05) is 22.0 Å². The summed E-state index contributed by atoms with van der Waals surface area (Å²) in [5.74, 6) is 0. The minimum absolute atomic E-state index is 0.502. The van der Waals surface area contributed by atoms with Gasteiger partial charge in [0.1, 0.15) is 0 Å². The zero-order valence-corrected chi connectivity index (χ0v) is 11.7. The molecule has 2 N–H and O–H groups in total. The number of halogens is 1. The van der Waals surface area contributed by atoms with Gasteiger partial charge in [0.2, 0.25) is 0 Å². The second-order valence-corrected chi connectivity index (χ2v) is 5.30. The number of hydrogen-bond donors (Lipinski definition) is 1. The number of anilines is 1. The Labute approximate surface area is 111 Å². The Morgan fingerprint density at radius 1 is 1.53 bits per heavy atom. The molecular weight excluding hydrogens is 280 g/mol. The lowest BCUT2D eigenvalue weighted by Gasteiger charge is -2.26. The molecule has 0 spiro atoms. The highest BCUT2D eigenvalue weighted by Crippen LogP contribution is 2.26. The van der Waals surface area contributed by atoms with Gasteiger partial charge in [-0.15, -0.1) is 0 Å². The van der Waals surface area contributed by atoms with Crippen molar-refractivity contribution in [2.45, 2.75) is 18.9 Å². The highest BCUT2D eigenvalue weighted by atomic mass is 79.9. The molecule has 1 saturated heterocycles. The molecule has 1 heterocycles. The standard InChI is InChI=1S/C13H19BrN2O/c1-16(12-5-7-17-9-12)11-3-2-10(4-6-15)13(14)8-11/h2-3,8,12H,4-7,9,15H2,1H3. The summed E-state index contributed by atoms with van der Waals surface area (Å²) >= 11 is 3.61. The van der Waals surface area contributed by atoms with E-state index in [0.29, 0.717) is 12.6 Å². The van der Waals surface area contributed by atoms with E-state index >= 15 is 0 Å². The molecule has 3 nitrogen and oxygen atoms in total. The predicted molar refractivity (Wildman–Crippen MR) is 74.5 cm³/mol. The van der Waals surface area contributed by atoms with Crippen LogP contribution in [0.5, 0.6) is 0 Å². The molecule has 1 aliphatic rings. The maximum absolute atomic E-state index is 5.58. The van der Waals surface area contributed by atoms with Crippen molar-refractivity contribution in [3.8, 4) is 0 Å². The summed E-state index contributed by atoms with van der Waals surface area (Å²) in [6.45, 7) is 2.39. The minimum Gasteiger partial charge on any atom is -0.379 e. The molecule has 94 valence electrons. The molecule has 0 saturated carbocycles. The number of benzene rings is 1. The SMILES string of the molecule is CN(c1ccc(CCN)c(Br)c1)C1CCOC1. The third-order valence-corrected chi connectivity index (χ3v) is 4.05. The van der Waals surface area contributed by atoms with Crippen molar-refractivity contribution in [1.29, 1.82) is 0 Å². The number of likely N-dealkylation sites (N-methyl/N-ethyl adjacent to an activating group) is 1. The van der Waals surface area contributed by atoms with Crippen LogP contribution in [0.4, 0.5) is 5.69 Å². The summed E-state index contributed by atoms with van der Waals surface area (Å²) in [5, 5.41) is 0. The molecule has 2 rings (SSSR count). The van der Waals surface area contributed by atoms with E-state index in [1.54, 1.807) is 0 Å². The van der Waals surface area contributed by atoms with Gasteiger partial charge in [-0.05, 0) is 37.1 Å². The molecule has 1 aromatic carbocycles. The van der Waals surface area contributed by atoms with E-state index in [1.165, 1.54) is 11.3 Å². The molecule has 0 aromatic heterocycles. The lowest BCUT2D eigenvalue weighted by molar-refractivity contribution is 0.193. The molecule has 1 aliphatic heterocycles. The molecule has 4 heteroatoms. The summed E-state index contributed by atoms with van der Waals surface area (Å²) in [6, 6.07) is 6.98. The van der Waals surface area contributed by atoms with Crippen LogP contribution in [0.2, 0.25) is 0 Å². The predicted octanol–water partition coefficient (Wildman–Crippen LogP) is 2.18. The summed E-state index contributed by atoms with van der Waals surface area (Å²) in [4.78, 5) is 2.30. The molecule has 1 unspecified atom stereocenters. The van der Waals surface area contributed by atoms with Crippen molar-refractivity contribution >= 4 is 21.6 Å². The van der Waals surface area contributed by atoms with Crippen LogP contribution in [0.1, 0.15) is 12.0 Å². The zero-order valence-electron chi connectivity index (χ0n) is 10.2. The fourth-order valence-corrected chi connectivity index (χ4v) is 2.72. The summed E-state index contributed by atoms with van der Waals surface area (Å²) in [5.41, 5.74) is 8.08. The van der Waals surface area contributed by atoms with E-state index in [-0.39, 0.29) is 0 Å². The van der Waals surface area contributed by atoms with Gasteiger partial charge < -0.3 is 15.4 Å². The number of hydrogen-bond acceptors (Lipinski definition) is 3. The Morgan fingerprint density at radius 3 is 2.94 bits per heavy atom. The molecule has 17 heavy (non-hydrogen) atoms. The van der Waals surface area contributed by atoms with Crippen molar-refractivity contribution in [3.63, 3.8) is 0 Å². The number of rotatable bonds is 4. The van der Waals surface area contributed by atoms with Crippen LogP contribution in [0, 0.1) is 0 Å². The summed E-state index contributed by atoms with van der Waals surface area (Å²) < 4.78 is 6.57. The van der Waals surface area contributed by atoms with Crippen molar-refractivity contribution in [2.75, 3.05) is 31.7 Å². The van der Waals surface area contributed by atoms with Crippen molar-refractivity contribution in [1.82, 2.24) is 0 Å². The van der Waals surface area contributed by atoms with Gasteiger partial charge in [0.25, 0.3) is 0 Å². The van der Waals surface area contributed by atoms with Gasteiger partial charge in [0.15, 0.2) is 0 Å². The molecule has 1 aromatic rings. The molecule has 0 bridgehead atoms. The highest BCUT2D eigenvalue weighted by Gasteiger charge is 2.20. The summed E-state index contributed by atoms with van der Waals surface area (Å²) in [6.07, 6.45) is 2.02. The van der Waals surface area contributed by atoms with E-state index < -0.39 is 0 Å². The third-order valence-electron chi connectivity index (χ3n) is 3.31. The third kappa shape index (κ3) is 3.00. The Bertz CT molecular complexity index is 378. The number of ether oxygens (including phenoxy) is 1. The first kappa shape index (κ1) is 12.9. The van der Waals surface area contributed by atoms with Gasteiger partial charge in [-0.3, -0.25) is 0 Å². The van der Waals surface area contributed by atoms with E-state index in [1.807, 2.05) is 0 Å². The van der Waals surface area contributed by atoms with Crippen LogP contribution in [-0.4, -0.2) is 32.8 Å². The van der Waals surface area contributed by atoms with Gasteiger partial charge in [-0.25, -0.2) is 0 Å². The van der Waals surface area contributed by atoms with Crippen molar-refractivity contribution in [2.24, 2.45) is 5.73 Å². The molecule has 0 radical (unpaired) electrons. The average Bonchev–Trinajstić information content (AvgIpc) is 2.84. The van der Waals surface area contributed by atoms with E-state index in [9.17, 15) is 0 Å². The highest BCUT2D eigenvalue weighted by molar-refractivity contribution is 9.10. The smallest absolute Gasteiger partial charge is 0.0670 e. The van der Waals surface area contributed by atoms with Crippen LogP contribution in [-0.2, 0) is 11.2 Å². The quantitative estimate of drug-likeness (QED) is 0.926. The molecule has 1 fully saturated rings. The Balaban J connectivity index is 2.12. The Hall–Kier alpha value is -0.580. The number of nitrogens with two attached hydrogens (primary N) is 1. The second-order valence-electron chi connectivity index (χ2n) is 4.44. The molecule has 0 amide bonds. The van der Waals surface area contributed by atoms with Gasteiger partial charge in [-0.2, -0.15) is 0 Å². The minimum atomic E-state index is 0.502. The monoisotopic (exact) mass is 298 g/mol.